The zero-order valence-corrected chi connectivity index (χ0v) is 13.0. The van der Waals surface area contributed by atoms with E-state index in [0.29, 0.717) is 11.5 Å². The molecular formula is C16H32N2. The first kappa shape index (κ1) is 14.3. The van der Waals surface area contributed by atoms with Gasteiger partial charge in [0, 0.05) is 31.2 Å². The molecule has 0 spiro atoms. The molecule has 18 heavy (non-hydrogen) atoms. The van der Waals surface area contributed by atoms with Crippen molar-refractivity contribution >= 4 is 0 Å². The normalized spacial score (nSPS) is 31.0. The summed E-state index contributed by atoms with van der Waals surface area (Å²) < 4.78 is 0. The first-order valence-corrected chi connectivity index (χ1v) is 7.96. The number of nitrogens with zero attached hydrogens (tertiary/aromatic N) is 1. The van der Waals surface area contributed by atoms with E-state index in [1.54, 1.807) is 0 Å². The minimum absolute atomic E-state index is 0.374. The lowest BCUT2D eigenvalue weighted by Crippen LogP contribution is -2.63. The van der Waals surface area contributed by atoms with Crippen LogP contribution < -0.4 is 5.32 Å². The second-order valence-electron chi connectivity index (χ2n) is 7.40. The van der Waals surface area contributed by atoms with E-state index in [2.05, 4.69) is 44.8 Å². The summed E-state index contributed by atoms with van der Waals surface area (Å²) in [6.45, 7) is 14.3. The van der Waals surface area contributed by atoms with Gasteiger partial charge in [-0.25, -0.2) is 0 Å². The van der Waals surface area contributed by atoms with Crippen LogP contribution in [0.2, 0.25) is 0 Å². The molecule has 0 aromatic carbocycles. The zero-order valence-electron chi connectivity index (χ0n) is 13.0. The highest BCUT2D eigenvalue weighted by Crippen LogP contribution is 2.39. The largest absolute Gasteiger partial charge is 0.311 e. The van der Waals surface area contributed by atoms with Crippen LogP contribution in [-0.4, -0.2) is 36.1 Å². The maximum atomic E-state index is 3.82. The van der Waals surface area contributed by atoms with E-state index in [1.807, 2.05) is 0 Å². The highest BCUT2D eigenvalue weighted by molar-refractivity contribution is 4.99. The standard InChI is InChI=1S/C16H32N2/c1-6-13(7-2)18-11-15(16(3,4)5)17-10-14(18)12-8-9-12/h12-15,17H,6-11H2,1-5H3. The number of hydrogen-bond donors (Lipinski definition) is 1. The Morgan fingerprint density at radius 1 is 1.17 bits per heavy atom. The van der Waals surface area contributed by atoms with Gasteiger partial charge in [0.25, 0.3) is 0 Å². The van der Waals surface area contributed by atoms with Gasteiger partial charge in [0.2, 0.25) is 0 Å². The highest BCUT2D eigenvalue weighted by atomic mass is 15.3. The minimum Gasteiger partial charge on any atom is -0.311 e. The molecule has 1 saturated heterocycles. The van der Waals surface area contributed by atoms with Crippen LogP contribution in [0.15, 0.2) is 0 Å². The van der Waals surface area contributed by atoms with Crippen molar-refractivity contribution in [1.82, 2.24) is 10.2 Å². The van der Waals surface area contributed by atoms with Crippen molar-refractivity contribution in [2.24, 2.45) is 11.3 Å². The van der Waals surface area contributed by atoms with Gasteiger partial charge in [-0.2, -0.15) is 0 Å². The summed E-state index contributed by atoms with van der Waals surface area (Å²) in [6.07, 6.45) is 5.53. The Kier molecular flexibility index (Phi) is 4.38. The van der Waals surface area contributed by atoms with Crippen molar-refractivity contribution in [3.8, 4) is 0 Å². The van der Waals surface area contributed by atoms with E-state index >= 15 is 0 Å². The quantitative estimate of drug-likeness (QED) is 0.826. The van der Waals surface area contributed by atoms with Crippen molar-refractivity contribution in [3.63, 3.8) is 0 Å². The molecule has 1 saturated carbocycles. The Morgan fingerprint density at radius 2 is 1.78 bits per heavy atom. The Balaban J connectivity index is 2.07. The monoisotopic (exact) mass is 252 g/mol. The smallest absolute Gasteiger partial charge is 0.0252 e. The number of hydrogen-bond acceptors (Lipinski definition) is 2. The molecule has 1 aliphatic heterocycles. The van der Waals surface area contributed by atoms with Crippen molar-refractivity contribution in [3.05, 3.63) is 0 Å². The maximum absolute atomic E-state index is 3.82. The number of nitrogens with one attached hydrogen (secondary N) is 1. The molecule has 2 nitrogen and oxygen atoms in total. The van der Waals surface area contributed by atoms with Crippen LogP contribution in [0.1, 0.15) is 60.3 Å². The molecule has 2 rings (SSSR count). The lowest BCUT2D eigenvalue weighted by Gasteiger charge is -2.48. The van der Waals surface area contributed by atoms with E-state index < -0.39 is 0 Å². The van der Waals surface area contributed by atoms with Gasteiger partial charge in [-0.3, -0.25) is 4.90 Å². The Hall–Kier alpha value is -0.0800. The van der Waals surface area contributed by atoms with E-state index in [1.165, 1.54) is 38.8 Å². The van der Waals surface area contributed by atoms with Crippen molar-refractivity contribution in [1.29, 1.82) is 0 Å². The molecule has 0 aromatic rings. The summed E-state index contributed by atoms with van der Waals surface area (Å²) in [6, 6.07) is 2.25. The van der Waals surface area contributed by atoms with Gasteiger partial charge in [0.05, 0.1) is 0 Å². The molecule has 0 bridgehead atoms. The van der Waals surface area contributed by atoms with Gasteiger partial charge < -0.3 is 5.32 Å². The fraction of sp³-hybridized carbons (Fsp3) is 1.00. The predicted molar refractivity (Wildman–Crippen MR) is 78.8 cm³/mol. The SMILES string of the molecule is CCC(CC)N1CC(C(C)(C)C)NCC1C1CC1. The number of piperazine rings is 1. The van der Waals surface area contributed by atoms with Gasteiger partial charge >= 0.3 is 0 Å². The third kappa shape index (κ3) is 3.08. The molecular weight excluding hydrogens is 220 g/mol. The average molecular weight is 252 g/mol. The van der Waals surface area contributed by atoms with Gasteiger partial charge in [-0.15, -0.1) is 0 Å². The number of rotatable bonds is 4. The summed E-state index contributed by atoms with van der Waals surface area (Å²) in [5.41, 5.74) is 0.374. The lowest BCUT2D eigenvalue weighted by atomic mass is 9.83. The fourth-order valence-corrected chi connectivity index (χ4v) is 3.47. The zero-order chi connectivity index (χ0) is 13.3. The maximum Gasteiger partial charge on any atom is 0.0252 e. The average Bonchev–Trinajstić information content (AvgIpc) is 3.13. The lowest BCUT2D eigenvalue weighted by molar-refractivity contribution is 0.0365. The third-order valence-corrected chi connectivity index (χ3v) is 5.02. The van der Waals surface area contributed by atoms with Gasteiger partial charge in [-0.05, 0) is 37.0 Å². The molecule has 1 N–H and O–H groups in total. The molecule has 2 unspecified atom stereocenters. The molecule has 106 valence electrons. The Bertz CT molecular complexity index is 261. The molecule has 0 aromatic heterocycles. The van der Waals surface area contributed by atoms with Crippen LogP contribution in [-0.2, 0) is 0 Å². The third-order valence-electron chi connectivity index (χ3n) is 5.02. The first-order valence-electron chi connectivity index (χ1n) is 7.96. The van der Waals surface area contributed by atoms with Crippen molar-refractivity contribution < 1.29 is 0 Å². The molecule has 1 aliphatic carbocycles. The van der Waals surface area contributed by atoms with Crippen LogP contribution >= 0.6 is 0 Å². The van der Waals surface area contributed by atoms with Crippen molar-refractivity contribution in [2.75, 3.05) is 13.1 Å². The van der Waals surface area contributed by atoms with Gasteiger partial charge in [-0.1, -0.05) is 34.6 Å². The summed E-state index contributed by atoms with van der Waals surface area (Å²) in [5, 5.41) is 3.82. The Morgan fingerprint density at radius 3 is 2.22 bits per heavy atom. The summed E-state index contributed by atoms with van der Waals surface area (Å²) in [7, 11) is 0. The first-order chi connectivity index (χ1) is 8.47. The second-order valence-corrected chi connectivity index (χ2v) is 7.40. The van der Waals surface area contributed by atoms with Crippen LogP contribution in [0.25, 0.3) is 0 Å². The molecule has 0 amide bonds. The molecule has 1 heterocycles. The van der Waals surface area contributed by atoms with Crippen LogP contribution in [0.4, 0.5) is 0 Å². The minimum atomic E-state index is 0.374. The molecule has 2 fully saturated rings. The summed E-state index contributed by atoms with van der Waals surface area (Å²) in [5.74, 6) is 0.985. The highest BCUT2D eigenvalue weighted by Gasteiger charge is 2.42. The topological polar surface area (TPSA) is 15.3 Å². The fourth-order valence-electron chi connectivity index (χ4n) is 3.47. The summed E-state index contributed by atoms with van der Waals surface area (Å²) >= 11 is 0. The summed E-state index contributed by atoms with van der Waals surface area (Å²) in [4.78, 5) is 2.85. The molecule has 0 radical (unpaired) electrons. The van der Waals surface area contributed by atoms with E-state index in [-0.39, 0.29) is 0 Å². The predicted octanol–water partition coefficient (Wildman–Crippen LogP) is 3.27. The Labute approximate surface area is 114 Å². The van der Waals surface area contributed by atoms with E-state index in [0.717, 1.165) is 18.0 Å². The van der Waals surface area contributed by atoms with E-state index in [4.69, 9.17) is 0 Å². The van der Waals surface area contributed by atoms with Crippen molar-refractivity contribution in [2.45, 2.75) is 78.4 Å². The van der Waals surface area contributed by atoms with Crippen LogP contribution in [0.5, 0.6) is 0 Å². The van der Waals surface area contributed by atoms with E-state index in [9.17, 15) is 0 Å². The van der Waals surface area contributed by atoms with Gasteiger partial charge in [0.1, 0.15) is 0 Å². The second kappa shape index (κ2) is 5.50. The van der Waals surface area contributed by atoms with Crippen LogP contribution in [0.3, 0.4) is 0 Å². The van der Waals surface area contributed by atoms with Gasteiger partial charge in [0.15, 0.2) is 0 Å². The van der Waals surface area contributed by atoms with Crippen LogP contribution in [0, 0.1) is 11.3 Å². The molecule has 2 heteroatoms. The molecule has 2 atom stereocenters. The molecule has 2 aliphatic rings.